The second-order valence-corrected chi connectivity index (χ2v) is 9.33. The summed E-state index contributed by atoms with van der Waals surface area (Å²) in [5.74, 6) is -0.319. The van der Waals surface area contributed by atoms with Gasteiger partial charge in [0.1, 0.15) is 5.71 Å². The van der Waals surface area contributed by atoms with Gasteiger partial charge in [-0.3, -0.25) is 15.2 Å². The van der Waals surface area contributed by atoms with Gasteiger partial charge in [-0.15, -0.1) is 12.4 Å². The first-order valence-corrected chi connectivity index (χ1v) is 11.7. The number of carbonyl (C=O) groups is 1. The number of carbonyl (C=O) groups excluding carboxylic acids is 1. The molecule has 4 rings (SSSR count). The zero-order valence-corrected chi connectivity index (χ0v) is 20.8. The van der Waals surface area contributed by atoms with Gasteiger partial charge in [0.2, 0.25) is 0 Å². The number of nitrogens with one attached hydrogen (secondary N) is 1. The van der Waals surface area contributed by atoms with Crippen LogP contribution in [0.2, 0.25) is 15.1 Å². The van der Waals surface area contributed by atoms with Crippen molar-refractivity contribution in [1.29, 1.82) is 0 Å². The maximum atomic E-state index is 13.2. The highest BCUT2D eigenvalue weighted by Gasteiger charge is 2.40. The summed E-state index contributed by atoms with van der Waals surface area (Å²) in [4.78, 5) is 13.2. The largest absolute Gasteiger partial charge is 0.284 e. The van der Waals surface area contributed by atoms with E-state index >= 15 is 0 Å². The number of amides is 1. The SMILES string of the molecule is C[C@H]1C(C(=O)NN2CCCCCC2)=NN(c2ccc(Cl)cc2Cl)[C@H]1c1ccc(Cl)cc1.Cl. The molecule has 172 valence electrons. The summed E-state index contributed by atoms with van der Waals surface area (Å²) in [6.07, 6.45) is 4.57. The molecule has 2 heterocycles. The van der Waals surface area contributed by atoms with Gasteiger partial charge < -0.3 is 0 Å². The number of rotatable bonds is 4. The van der Waals surface area contributed by atoms with Crippen molar-refractivity contribution in [2.24, 2.45) is 11.0 Å². The monoisotopic (exact) mass is 514 g/mol. The molecule has 2 aromatic carbocycles. The Bertz CT molecular complexity index is 974. The molecule has 1 N–H and O–H groups in total. The Morgan fingerprint density at radius 1 is 0.969 bits per heavy atom. The van der Waals surface area contributed by atoms with E-state index in [4.69, 9.17) is 39.9 Å². The molecule has 0 radical (unpaired) electrons. The van der Waals surface area contributed by atoms with E-state index in [1.54, 1.807) is 12.1 Å². The van der Waals surface area contributed by atoms with E-state index in [0.29, 0.717) is 26.5 Å². The molecule has 0 bridgehead atoms. The number of hydrogen-bond acceptors (Lipinski definition) is 4. The van der Waals surface area contributed by atoms with E-state index in [1.807, 2.05) is 47.3 Å². The molecular formula is C23H26Cl4N4O. The molecule has 2 atom stereocenters. The van der Waals surface area contributed by atoms with Gasteiger partial charge in [-0.2, -0.15) is 5.10 Å². The normalized spacial score (nSPS) is 21.5. The maximum absolute atomic E-state index is 13.2. The first-order chi connectivity index (χ1) is 14.9. The second kappa shape index (κ2) is 11.1. The predicted molar refractivity (Wildman–Crippen MR) is 135 cm³/mol. The fourth-order valence-corrected chi connectivity index (χ4v) is 4.85. The number of hydrazone groups is 1. The van der Waals surface area contributed by atoms with Crippen LogP contribution in [-0.4, -0.2) is 29.7 Å². The fraction of sp³-hybridized carbons (Fsp3) is 0.391. The second-order valence-electron chi connectivity index (χ2n) is 8.05. The Labute approximate surface area is 210 Å². The number of nitrogens with zero attached hydrogens (tertiary/aromatic N) is 3. The zero-order valence-electron chi connectivity index (χ0n) is 17.7. The molecule has 32 heavy (non-hydrogen) atoms. The number of hydrazine groups is 1. The molecule has 5 nitrogen and oxygen atoms in total. The molecule has 0 aliphatic carbocycles. The lowest BCUT2D eigenvalue weighted by molar-refractivity contribution is -0.119. The van der Waals surface area contributed by atoms with Gasteiger partial charge in [0, 0.05) is 29.1 Å². The Balaban J connectivity index is 0.00000289. The van der Waals surface area contributed by atoms with Crippen LogP contribution in [0.5, 0.6) is 0 Å². The summed E-state index contributed by atoms with van der Waals surface area (Å²) >= 11 is 18.7. The van der Waals surface area contributed by atoms with Crippen LogP contribution in [0.4, 0.5) is 5.69 Å². The fourth-order valence-electron chi connectivity index (χ4n) is 4.23. The Morgan fingerprint density at radius 2 is 1.59 bits per heavy atom. The van der Waals surface area contributed by atoms with Crippen molar-refractivity contribution in [1.82, 2.24) is 10.4 Å². The molecule has 9 heteroatoms. The van der Waals surface area contributed by atoms with Gasteiger partial charge in [-0.05, 0) is 48.7 Å². The lowest BCUT2D eigenvalue weighted by Crippen LogP contribution is -2.46. The van der Waals surface area contributed by atoms with Crippen LogP contribution >= 0.6 is 47.2 Å². The van der Waals surface area contributed by atoms with Crippen molar-refractivity contribution >= 4 is 64.5 Å². The van der Waals surface area contributed by atoms with E-state index in [-0.39, 0.29) is 30.3 Å². The minimum Gasteiger partial charge on any atom is -0.284 e. The first-order valence-electron chi connectivity index (χ1n) is 10.6. The van der Waals surface area contributed by atoms with Crippen LogP contribution in [0, 0.1) is 5.92 Å². The summed E-state index contributed by atoms with van der Waals surface area (Å²) in [7, 11) is 0. The van der Waals surface area contributed by atoms with Crippen LogP contribution < -0.4 is 10.4 Å². The van der Waals surface area contributed by atoms with E-state index in [2.05, 4.69) is 5.43 Å². The number of anilines is 1. The maximum Gasteiger partial charge on any atom is 0.282 e. The minimum atomic E-state index is -0.194. The van der Waals surface area contributed by atoms with Crippen molar-refractivity contribution in [3.63, 3.8) is 0 Å². The number of hydrogen-bond donors (Lipinski definition) is 1. The van der Waals surface area contributed by atoms with Crippen LogP contribution in [0.1, 0.15) is 44.2 Å². The highest BCUT2D eigenvalue weighted by molar-refractivity contribution is 6.41. The van der Waals surface area contributed by atoms with Crippen molar-refractivity contribution in [2.75, 3.05) is 18.1 Å². The molecule has 1 amide bonds. The van der Waals surface area contributed by atoms with E-state index < -0.39 is 0 Å². The van der Waals surface area contributed by atoms with E-state index in [1.165, 1.54) is 12.8 Å². The van der Waals surface area contributed by atoms with Gasteiger partial charge >= 0.3 is 0 Å². The molecule has 0 saturated carbocycles. The van der Waals surface area contributed by atoms with Crippen LogP contribution in [0.3, 0.4) is 0 Å². The lowest BCUT2D eigenvalue weighted by atomic mass is 9.91. The van der Waals surface area contributed by atoms with E-state index in [0.717, 1.165) is 31.5 Å². The van der Waals surface area contributed by atoms with Crippen molar-refractivity contribution in [2.45, 2.75) is 38.6 Å². The first kappa shape index (κ1) is 25.1. The van der Waals surface area contributed by atoms with Crippen LogP contribution in [0.25, 0.3) is 0 Å². The minimum absolute atomic E-state index is 0. The van der Waals surface area contributed by atoms with Gasteiger partial charge in [0.25, 0.3) is 5.91 Å². The van der Waals surface area contributed by atoms with Crippen LogP contribution in [-0.2, 0) is 4.79 Å². The van der Waals surface area contributed by atoms with Crippen LogP contribution in [0.15, 0.2) is 47.6 Å². The smallest absolute Gasteiger partial charge is 0.282 e. The molecule has 2 aliphatic heterocycles. The summed E-state index contributed by atoms with van der Waals surface area (Å²) in [6, 6.07) is 12.7. The number of benzene rings is 2. The summed E-state index contributed by atoms with van der Waals surface area (Å²) in [5.41, 5.74) is 5.26. The Morgan fingerprint density at radius 3 is 2.22 bits per heavy atom. The van der Waals surface area contributed by atoms with Gasteiger partial charge in [-0.25, -0.2) is 5.01 Å². The van der Waals surface area contributed by atoms with Crippen molar-refractivity contribution in [3.05, 3.63) is 63.1 Å². The Kier molecular flexibility index (Phi) is 8.70. The molecular weight excluding hydrogens is 490 g/mol. The quantitative estimate of drug-likeness (QED) is 0.503. The third-order valence-electron chi connectivity index (χ3n) is 5.85. The summed E-state index contributed by atoms with van der Waals surface area (Å²) in [6.45, 7) is 3.74. The third-order valence-corrected chi connectivity index (χ3v) is 6.64. The third kappa shape index (κ3) is 5.52. The van der Waals surface area contributed by atoms with Gasteiger partial charge in [0.05, 0.1) is 16.8 Å². The molecule has 2 aliphatic rings. The van der Waals surface area contributed by atoms with Gasteiger partial charge in [-0.1, -0.05) is 66.7 Å². The molecule has 0 aromatic heterocycles. The van der Waals surface area contributed by atoms with Crippen molar-refractivity contribution < 1.29 is 4.79 Å². The zero-order chi connectivity index (χ0) is 22.0. The summed E-state index contributed by atoms with van der Waals surface area (Å²) in [5, 5.41) is 10.3. The lowest BCUT2D eigenvalue weighted by Gasteiger charge is -2.27. The Hall–Kier alpha value is -1.50. The topological polar surface area (TPSA) is 47.9 Å². The highest BCUT2D eigenvalue weighted by atomic mass is 35.5. The average Bonchev–Trinajstić information content (AvgIpc) is 2.89. The molecule has 0 unspecified atom stereocenters. The average molecular weight is 516 g/mol. The van der Waals surface area contributed by atoms with Gasteiger partial charge in [0.15, 0.2) is 0 Å². The molecule has 2 aromatic rings. The molecule has 1 fully saturated rings. The molecule has 1 saturated heterocycles. The summed E-state index contributed by atoms with van der Waals surface area (Å²) < 4.78 is 0. The highest BCUT2D eigenvalue weighted by Crippen LogP contribution is 2.42. The predicted octanol–water partition coefficient (Wildman–Crippen LogP) is 6.53. The standard InChI is InChI=1S/C23H25Cl3N4O.ClH/c1-15-21(23(31)28-29-12-4-2-3-5-13-29)27-30(20-11-10-18(25)14-19(20)26)22(15)16-6-8-17(24)9-7-16;/h6-11,14-15,22H,2-5,12-13H2,1H3,(H,28,31);1H/t15-,22+;/m0./s1. The van der Waals surface area contributed by atoms with Crippen molar-refractivity contribution in [3.8, 4) is 0 Å². The molecule has 0 spiro atoms. The number of halogens is 4. The van der Waals surface area contributed by atoms with E-state index in [9.17, 15) is 4.79 Å².